The first-order chi connectivity index (χ1) is 30.3. The number of phosphoric ester groups is 3. The van der Waals surface area contributed by atoms with E-state index in [1.54, 1.807) is 0 Å². The molecule has 1 unspecified atom stereocenters. The molecule has 0 amide bonds. The average molecular weight is 977 g/mol. The van der Waals surface area contributed by atoms with Gasteiger partial charge in [0.2, 0.25) is 0 Å². The molecule has 0 aliphatic heterocycles. The van der Waals surface area contributed by atoms with Gasteiger partial charge in [-0.25, -0.2) is 13.7 Å². The molecule has 0 spiro atoms. The van der Waals surface area contributed by atoms with E-state index in [0.29, 0.717) is 25.7 Å². The fraction of sp³-hybridized carbons (Fsp3) is 0.762. The lowest BCUT2D eigenvalue weighted by molar-refractivity contribution is -0.213. The third-order valence-corrected chi connectivity index (χ3v) is 11.9. The zero-order valence-corrected chi connectivity index (χ0v) is 40.0. The van der Waals surface area contributed by atoms with E-state index in [1.807, 2.05) is 18.2 Å². The number of aliphatic hydroxyl groups excluding tert-OH is 3. The molecule has 0 bridgehead atoms. The maximum atomic E-state index is 13.1. The van der Waals surface area contributed by atoms with Crippen LogP contribution in [-0.2, 0) is 50.9 Å². The molecule has 1 saturated carbocycles. The molecule has 22 heteroatoms. The van der Waals surface area contributed by atoms with Gasteiger partial charge in [0.25, 0.3) is 0 Å². The summed E-state index contributed by atoms with van der Waals surface area (Å²) in [4.78, 5) is 72.9. The third-order valence-electron chi connectivity index (χ3n) is 9.89. The molecule has 0 saturated heterocycles. The van der Waals surface area contributed by atoms with Crippen molar-refractivity contribution in [3.63, 3.8) is 0 Å². The van der Waals surface area contributed by atoms with Crippen LogP contribution in [-0.4, -0.2) is 108 Å². The van der Waals surface area contributed by atoms with E-state index in [4.69, 9.17) is 18.5 Å². The minimum absolute atomic E-state index is 0.0685. The first kappa shape index (κ1) is 60.1. The van der Waals surface area contributed by atoms with Gasteiger partial charge in [0.1, 0.15) is 43.2 Å². The number of unbranched alkanes of at least 4 members (excludes halogenated alkanes) is 13. The Kier molecular flexibility index (Phi) is 32.3. The summed E-state index contributed by atoms with van der Waals surface area (Å²) in [6.45, 7) is 2.83. The number of phosphoric acid groups is 3. The quantitative estimate of drug-likeness (QED) is 0.0130. The Labute approximate surface area is 378 Å². The molecule has 1 aliphatic rings. The summed E-state index contributed by atoms with van der Waals surface area (Å²) >= 11 is 0. The Balaban J connectivity index is 2.81. The summed E-state index contributed by atoms with van der Waals surface area (Å²) < 4.78 is 65.2. The van der Waals surface area contributed by atoms with Crippen LogP contribution in [0.1, 0.15) is 149 Å². The van der Waals surface area contributed by atoms with E-state index in [-0.39, 0.29) is 12.8 Å². The fourth-order valence-electron chi connectivity index (χ4n) is 6.52. The van der Waals surface area contributed by atoms with Gasteiger partial charge in [-0.15, -0.1) is 0 Å². The van der Waals surface area contributed by atoms with Crippen molar-refractivity contribution < 1.29 is 90.6 Å². The third kappa shape index (κ3) is 30.4. The average Bonchev–Trinajstić information content (AvgIpc) is 3.22. The second-order valence-corrected chi connectivity index (χ2v) is 19.4. The zero-order chi connectivity index (χ0) is 47.9. The molecule has 8 atom stereocenters. The highest BCUT2D eigenvalue weighted by Crippen LogP contribution is 2.51. The topological polar surface area (TPSA) is 303 Å². The van der Waals surface area contributed by atoms with Crippen LogP contribution in [0.4, 0.5) is 0 Å². The van der Waals surface area contributed by atoms with E-state index in [9.17, 15) is 63.1 Å². The Bertz CT molecular complexity index is 1540. The molecule has 0 aromatic carbocycles. The normalized spacial score (nSPS) is 22.5. The van der Waals surface area contributed by atoms with Crippen molar-refractivity contribution >= 4 is 35.4 Å². The number of ether oxygens (including phenoxy) is 2. The van der Waals surface area contributed by atoms with Gasteiger partial charge in [-0.2, -0.15) is 0 Å². The van der Waals surface area contributed by atoms with Crippen LogP contribution in [0, 0.1) is 0 Å². The lowest BCUT2D eigenvalue weighted by Gasteiger charge is -2.44. The Morgan fingerprint density at radius 1 is 0.500 bits per heavy atom. The molecule has 0 radical (unpaired) electrons. The van der Waals surface area contributed by atoms with Gasteiger partial charge < -0.3 is 49.3 Å². The lowest BCUT2D eigenvalue weighted by atomic mass is 9.85. The van der Waals surface area contributed by atoms with Gasteiger partial charge >= 0.3 is 35.4 Å². The van der Waals surface area contributed by atoms with Crippen LogP contribution in [0.15, 0.2) is 48.6 Å². The summed E-state index contributed by atoms with van der Waals surface area (Å²) in [7, 11) is -16.6. The number of rotatable bonds is 37. The second kappa shape index (κ2) is 34.4. The molecule has 372 valence electrons. The van der Waals surface area contributed by atoms with Crippen molar-refractivity contribution in [2.45, 2.75) is 191 Å². The molecule has 0 aromatic rings. The summed E-state index contributed by atoms with van der Waals surface area (Å²) in [6.07, 6.45) is 18.8. The van der Waals surface area contributed by atoms with Crippen molar-refractivity contribution in [1.29, 1.82) is 0 Å². The summed E-state index contributed by atoms with van der Waals surface area (Å²) in [6, 6.07) is 0. The van der Waals surface area contributed by atoms with E-state index in [0.717, 1.165) is 44.9 Å². The monoisotopic (exact) mass is 976 g/mol. The molecular weight excluding hydrogens is 901 g/mol. The van der Waals surface area contributed by atoms with E-state index >= 15 is 0 Å². The summed E-state index contributed by atoms with van der Waals surface area (Å²) in [5.41, 5.74) is 0. The number of carbonyl (C=O) groups is 2. The van der Waals surface area contributed by atoms with Gasteiger partial charge in [-0.1, -0.05) is 133 Å². The molecule has 1 aliphatic carbocycles. The van der Waals surface area contributed by atoms with E-state index in [1.165, 1.54) is 51.4 Å². The maximum Gasteiger partial charge on any atom is 0.472 e. The number of allylic oxidation sites excluding steroid dienone is 8. The molecule has 8 N–H and O–H groups in total. The van der Waals surface area contributed by atoms with Crippen molar-refractivity contribution in [1.82, 2.24) is 0 Å². The predicted octanol–water partition coefficient (Wildman–Crippen LogP) is 7.45. The molecular formula is C42H75O19P3. The first-order valence-electron chi connectivity index (χ1n) is 22.4. The maximum absolute atomic E-state index is 13.1. The first-order valence-corrected chi connectivity index (χ1v) is 27.0. The highest BCUT2D eigenvalue weighted by atomic mass is 31.2. The van der Waals surface area contributed by atoms with Crippen LogP contribution in [0.5, 0.6) is 0 Å². The van der Waals surface area contributed by atoms with Gasteiger partial charge in [0.15, 0.2) is 6.10 Å². The Morgan fingerprint density at radius 2 is 0.922 bits per heavy atom. The lowest BCUT2D eigenvalue weighted by Crippen LogP contribution is -2.65. The standard InChI is InChI=1S/C42H75O19P3/c1-3-5-7-9-11-13-15-16-17-18-19-20-21-23-25-27-29-31-36(44)58-34(32-56-35(43)30-28-26-24-22-14-12-10-8-6-4-2)33-57-64(54,55)61-40-37(45)38(46)41(59-62(48,49)50)42(39(40)47)60-63(51,52)53/h11,13,16-17,19-20,23,25,34,37-42,45-47H,3-10,12,14-15,18,21-22,24,26-33H2,1-2H3,(H,54,55)(H2,48,49,50)(H2,51,52,53)/b13-11-,17-16+,20-19+,25-23-/t34-,37-,38+,39+,40-,41-,42-/m1/s1. The molecule has 1 fully saturated rings. The molecule has 19 nitrogen and oxygen atoms in total. The number of carbonyl (C=O) groups excluding carboxylic acids is 2. The van der Waals surface area contributed by atoms with Crippen molar-refractivity contribution in [2.24, 2.45) is 0 Å². The number of hydrogen-bond donors (Lipinski definition) is 8. The Hall–Kier alpha value is -1.89. The smallest absolute Gasteiger partial charge is 0.462 e. The molecule has 64 heavy (non-hydrogen) atoms. The van der Waals surface area contributed by atoms with Gasteiger partial charge in [-0.05, 0) is 51.4 Å². The van der Waals surface area contributed by atoms with Crippen LogP contribution in [0.25, 0.3) is 0 Å². The number of esters is 2. The molecule has 0 aromatic heterocycles. The van der Waals surface area contributed by atoms with Crippen molar-refractivity contribution in [3.05, 3.63) is 48.6 Å². The number of aliphatic hydroxyl groups is 3. The summed E-state index contributed by atoms with van der Waals surface area (Å²) in [5, 5.41) is 31.8. The van der Waals surface area contributed by atoms with Gasteiger partial charge in [-0.3, -0.25) is 27.7 Å². The molecule has 0 heterocycles. The Morgan fingerprint density at radius 3 is 1.44 bits per heavy atom. The van der Waals surface area contributed by atoms with Gasteiger partial charge in [0, 0.05) is 12.8 Å². The molecule has 1 rings (SSSR count). The SMILES string of the molecule is CCCCC/C=C\C/C=C/C/C=C/C/C=C\CCCC(=O)O[C@H](COC(=O)CCCCCCCCCCCC)COP(=O)(O)O[C@@H]1[C@H](O)[C@H](O)[C@@H](OP(=O)(O)O)[C@H](OP(=O)(O)O)[C@H]1O. The second-order valence-electron chi connectivity index (χ2n) is 15.6. The van der Waals surface area contributed by atoms with Crippen molar-refractivity contribution in [2.75, 3.05) is 13.2 Å². The van der Waals surface area contributed by atoms with E-state index < -0.39 is 91.3 Å². The van der Waals surface area contributed by atoms with Crippen LogP contribution < -0.4 is 0 Å². The van der Waals surface area contributed by atoms with Crippen LogP contribution in [0.3, 0.4) is 0 Å². The van der Waals surface area contributed by atoms with E-state index in [2.05, 4.69) is 53.3 Å². The zero-order valence-electron chi connectivity index (χ0n) is 37.3. The highest BCUT2D eigenvalue weighted by Gasteiger charge is 2.56. The van der Waals surface area contributed by atoms with Crippen LogP contribution >= 0.6 is 23.5 Å². The minimum atomic E-state index is -5.60. The number of hydrogen-bond acceptors (Lipinski definition) is 14. The minimum Gasteiger partial charge on any atom is -0.462 e. The van der Waals surface area contributed by atoms with Crippen LogP contribution in [0.2, 0.25) is 0 Å². The largest absolute Gasteiger partial charge is 0.472 e. The summed E-state index contributed by atoms with van der Waals surface area (Å²) in [5.74, 6) is -1.37. The van der Waals surface area contributed by atoms with Gasteiger partial charge in [0.05, 0.1) is 6.61 Å². The highest BCUT2D eigenvalue weighted by molar-refractivity contribution is 7.47. The fourth-order valence-corrected chi connectivity index (χ4v) is 8.61. The predicted molar refractivity (Wildman–Crippen MR) is 238 cm³/mol. The van der Waals surface area contributed by atoms with Crippen molar-refractivity contribution in [3.8, 4) is 0 Å².